The molecular weight excluding hydrogens is 194 g/mol. The van der Waals surface area contributed by atoms with E-state index in [-0.39, 0.29) is 0 Å². The molecule has 86 valence electrons. The summed E-state index contributed by atoms with van der Waals surface area (Å²) in [7, 11) is -0.0431. The first-order valence-corrected chi connectivity index (χ1v) is 7.87. The molecule has 0 aromatic carbocycles. The summed E-state index contributed by atoms with van der Waals surface area (Å²) in [5.41, 5.74) is 0. The van der Waals surface area contributed by atoms with Gasteiger partial charge < -0.3 is 14.2 Å². The first kappa shape index (κ1) is 14.1. The zero-order chi connectivity index (χ0) is 10.9. The maximum Gasteiger partial charge on any atom is 0.337 e. The monoisotopic (exact) mass is 219 g/mol. The van der Waals surface area contributed by atoms with Crippen molar-refractivity contribution in [2.45, 2.75) is 39.3 Å². The second-order valence-electron chi connectivity index (χ2n) is 3.36. The number of nitrogens with one attached hydrogen (secondary N) is 1. The summed E-state index contributed by atoms with van der Waals surface area (Å²) in [5, 5.41) is 3.32. The predicted molar refractivity (Wildman–Crippen MR) is 62.8 cm³/mol. The highest BCUT2D eigenvalue weighted by atomic mass is 28.4. The largest absolute Gasteiger partial charge is 0.398 e. The van der Waals surface area contributed by atoms with Gasteiger partial charge in [0.15, 0.2) is 0 Å². The summed E-state index contributed by atoms with van der Waals surface area (Å²) in [4.78, 5) is 0. The molecule has 3 nitrogen and oxygen atoms in total. The minimum absolute atomic E-state index is 0.773. The lowest BCUT2D eigenvalue weighted by Gasteiger charge is -2.27. The zero-order valence-corrected chi connectivity index (χ0v) is 11.1. The molecule has 1 unspecified atom stereocenters. The van der Waals surface area contributed by atoms with Crippen molar-refractivity contribution in [1.29, 1.82) is 0 Å². The van der Waals surface area contributed by atoms with E-state index in [0.29, 0.717) is 0 Å². The molecule has 0 amide bonds. The van der Waals surface area contributed by atoms with Gasteiger partial charge in [0, 0.05) is 13.7 Å². The Morgan fingerprint density at radius 3 is 2.36 bits per heavy atom. The maximum absolute atomic E-state index is 5.80. The van der Waals surface area contributed by atoms with Gasteiger partial charge in [-0.2, -0.15) is 0 Å². The van der Waals surface area contributed by atoms with Crippen LogP contribution in [0.15, 0.2) is 0 Å². The molecule has 4 heteroatoms. The molecule has 0 radical (unpaired) electrons. The van der Waals surface area contributed by atoms with Crippen molar-refractivity contribution in [3.05, 3.63) is 0 Å². The van der Waals surface area contributed by atoms with E-state index in [4.69, 9.17) is 8.85 Å². The van der Waals surface area contributed by atoms with Crippen LogP contribution in [-0.4, -0.2) is 35.4 Å². The van der Waals surface area contributed by atoms with Crippen LogP contribution in [0.5, 0.6) is 0 Å². The van der Waals surface area contributed by atoms with Crippen LogP contribution in [0.25, 0.3) is 0 Å². The van der Waals surface area contributed by atoms with E-state index in [9.17, 15) is 0 Å². The summed E-state index contributed by atoms with van der Waals surface area (Å²) in [6.07, 6.45) is 1.15. The Morgan fingerprint density at radius 2 is 1.93 bits per heavy atom. The number of hydrogen-bond acceptors (Lipinski definition) is 3. The van der Waals surface area contributed by atoms with E-state index in [2.05, 4.69) is 19.2 Å². The van der Waals surface area contributed by atoms with Crippen LogP contribution in [0, 0.1) is 0 Å². The van der Waals surface area contributed by atoms with Gasteiger partial charge in [-0.15, -0.1) is 0 Å². The molecule has 0 aromatic rings. The van der Waals surface area contributed by atoms with Crippen LogP contribution < -0.4 is 5.32 Å². The van der Waals surface area contributed by atoms with Crippen molar-refractivity contribution in [2.75, 3.05) is 26.8 Å². The second kappa shape index (κ2) is 8.41. The molecule has 0 heterocycles. The quantitative estimate of drug-likeness (QED) is 0.476. The van der Waals surface area contributed by atoms with Gasteiger partial charge in [-0.3, -0.25) is 0 Å². The van der Waals surface area contributed by atoms with Crippen LogP contribution in [0.2, 0.25) is 12.1 Å². The standard InChI is InChI=1S/C10H25NO2Si/c1-5-11-9-8-10-14(7-3,12-4)13-6-2/h11H,5-10H2,1-4H3. The van der Waals surface area contributed by atoms with Gasteiger partial charge in [-0.05, 0) is 38.5 Å². The van der Waals surface area contributed by atoms with Gasteiger partial charge in [-0.1, -0.05) is 13.8 Å². The van der Waals surface area contributed by atoms with Gasteiger partial charge in [0.05, 0.1) is 0 Å². The van der Waals surface area contributed by atoms with Crippen LogP contribution in [0.3, 0.4) is 0 Å². The van der Waals surface area contributed by atoms with Crippen molar-refractivity contribution in [1.82, 2.24) is 5.32 Å². The molecule has 0 fully saturated rings. The molecule has 0 aliphatic heterocycles. The lowest BCUT2D eigenvalue weighted by Crippen LogP contribution is -2.40. The van der Waals surface area contributed by atoms with Crippen LogP contribution in [-0.2, 0) is 8.85 Å². The highest BCUT2D eigenvalue weighted by Gasteiger charge is 2.33. The summed E-state index contributed by atoms with van der Waals surface area (Å²) < 4.78 is 11.4. The molecule has 0 aliphatic carbocycles. The highest BCUT2D eigenvalue weighted by molar-refractivity contribution is 6.67. The normalized spacial score (nSPS) is 15.4. The van der Waals surface area contributed by atoms with Crippen molar-refractivity contribution < 1.29 is 8.85 Å². The van der Waals surface area contributed by atoms with Crippen LogP contribution in [0.1, 0.15) is 27.2 Å². The molecule has 0 aliphatic rings. The fourth-order valence-electron chi connectivity index (χ4n) is 1.58. The summed E-state index contributed by atoms with van der Waals surface area (Å²) in [6.45, 7) is 9.22. The SMILES string of the molecule is CCNCCC[Si](CC)(OC)OCC. The van der Waals surface area contributed by atoms with E-state index >= 15 is 0 Å². The van der Waals surface area contributed by atoms with Crippen LogP contribution >= 0.6 is 0 Å². The smallest absolute Gasteiger partial charge is 0.337 e. The van der Waals surface area contributed by atoms with Gasteiger partial charge in [0.1, 0.15) is 0 Å². The molecule has 0 rings (SSSR count). The summed E-state index contributed by atoms with van der Waals surface area (Å²) >= 11 is 0. The number of rotatable bonds is 9. The summed E-state index contributed by atoms with van der Waals surface area (Å²) in [6, 6.07) is 2.14. The van der Waals surface area contributed by atoms with Crippen molar-refractivity contribution >= 4 is 8.56 Å². The Kier molecular flexibility index (Phi) is 8.47. The molecule has 14 heavy (non-hydrogen) atoms. The first-order chi connectivity index (χ1) is 6.74. The maximum atomic E-state index is 5.80. The van der Waals surface area contributed by atoms with Gasteiger partial charge in [0.2, 0.25) is 0 Å². The third-order valence-corrected chi connectivity index (χ3v) is 6.23. The molecule has 0 aromatic heterocycles. The average Bonchev–Trinajstić information content (AvgIpc) is 2.23. The zero-order valence-electron chi connectivity index (χ0n) is 10.1. The highest BCUT2D eigenvalue weighted by Crippen LogP contribution is 2.19. The molecular formula is C10H25NO2Si. The summed E-state index contributed by atoms with van der Waals surface area (Å²) in [5.74, 6) is 0. The first-order valence-electron chi connectivity index (χ1n) is 5.64. The molecule has 0 saturated carbocycles. The lowest BCUT2D eigenvalue weighted by atomic mass is 10.5. The predicted octanol–water partition coefficient (Wildman–Crippen LogP) is 2.13. The van der Waals surface area contributed by atoms with Gasteiger partial charge in [0.25, 0.3) is 0 Å². The fourth-order valence-corrected chi connectivity index (χ4v) is 4.13. The van der Waals surface area contributed by atoms with E-state index < -0.39 is 8.56 Å². The van der Waals surface area contributed by atoms with E-state index in [1.54, 1.807) is 7.11 Å². The van der Waals surface area contributed by atoms with Gasteiger partial charge >= 0.3 is 8.56 Å². The van der Waals surface area contributed by atoms with Crippen LogP contribution in [0.4, 0.5) is 0 Å². The lowest BCUT2D eigenvalue weighted by molar-refractivity contribution is 0.208. The van der Waals surface area contributed by atoms with Crippen molar-refractivity contribution in [3.63, 3.8) is 0 Å². The Balaban J connectivity index is 3.82. The Bertz CT molecular complexity index is 129. The molecule has 1 N–H and O–H groups in total. The molecule has 0 spiro atoms. The Labute approximate surface area is 89.4 Å². The third-order valence-electron chi connectivity index (χ3n) is 2.48. The number of hydrogen-bond donors (Lipinski definition) is 1. The minimum atomic E-state index is -1.83. The van der Waals surface area contributed by atoms with Crippen molar-refractivity contribution in [3.8, 4) is 0 Å². The van der Waals surface area contributed by atoms with E-state index in [0.717, 1.165) is 38.2 Å². The molecule has 0 saturated heterocycles. The Morgan fingerprint density at radius 1 is 1.21 bits per heavy atom. The molecule has 1 atom stereocenters. The third kappa shape index (κ3) is 5.10. The van der Waals surface area contributed by atoms with E-state index in [1.807, 2.05) is 6.92 Å². The average molecular weight is 219 g/mol. The molecule has 0 bridgehead atoms. The minimum Gasteiger partial charge on any atom is -0.398 e. The second-order valence-corrected chi connectivity index (χ2v) is 7.08. The fraction of sp³-hybridized carbons (Fsp3) is 1.00. The van der Waals surface area contributed by atoms with E-state index in [1.165, 1.54) is 0 Å². The van der Waals surface area contributed by atoms with Crippen molar-refractivity contribution in [2.24, 2.45) is 0 Å². The Hall–Kier alpha value is 0.0969. The van der Waals surface area contributed by atoms with Gasteiger partial charge in [-0.25, -0.2) is 0 Å². The topological polar surface area (TPSA) is 30.5 Å².